The third kappa shape index (κ3) is 4.94. The van der Waals surface area contributed by atoms with Crippen LogP contribution in [0, 0.1) is 12.8 Å². The molecule has 0 bridgehead atoms. The number of rotatable bonds is 7. The van der Waals surface area contributed by atoms with Gasteiger partial charge in [-0.05, 0) is 60.3 Å². The van der Waals surface area contributed by atoms with Gasteiger partial charge < -0.3 is 20.0 Å². The van der Waals surface area contributed by atoms with E-state index in [1.807, 2.05) is 60.8 Å². The Morgan fingerprint density at radius 3 is 2.47 bits per heavy atom. The standard InChI is InChI=1S/C28H25N3O4S/c1-18-6-12-21(13-7-18)31-25(32)16-22(26(31)24-5-3-15-36-24)27(33)29-17-19-8-10-20(11-9-19)30-28(34)23-4-2-14-35-23/h2-15,22,26H,16-17H2,1H3,(H,29,33)(H,30,34). The van der Waals surface area contributed by atoms with Crippen molar-refractivity contribution in [3.05, 3.63) is 106 Å². The van der Waals surface area contributed by atoms with Gasteiger partial charge in [0.15, 0.2) is 5.76 Å². The Bertz CT molecular complexity index is 1350. The average Bonchev–Trinajstić information content (AvgIpc) is 3.65. The molecule has 2 aromatic heterocycles. The summed E-state index contributed by atoms with van der Waals surface area (Å²) in [6.45, 7) is 2.32. The van der Waals surface area contributed by atoms with Crippen LogP contribution in [0.25, 0.3) is 0 Å². The van der Waals surface area contributed by atoms with Crippen LogP contribution in [0.15, 0.2) is 88.9 Å². The molecule has 2 atom stereocenters. The Morgan fingerprint density at radius 1 is 1.03 bits per heavy atom. The highest BCUT2D eigenvalue weighted by molar-refractivity contribution is 7.10. The number of amides is 3. The Kier molecular flexibility index (Phi) is 6.69. The van der Waals surface area contributed by atoms with E-state index in [1.165, 1.54) is 6.26 Å². The highest BCUT2D eigenvalue weighted by Gasteiger charge is 2.45. The zero-order valence-electron chi connectivity index (χ0n) is 19.6. The number of benzene rings is 2. The maximum Gasteiger partial charge on any atom is 0.291 e. The average molecular weight is 500 g/mol. The SMILES string of the molecule is Cc1ccc(N2C(=O)CC(C(=O)NCc3ccc(NC(=O)c4ccco4)cc3)C2c2cccs2)cc1. The number of aryl methyl sites for hydroxylation is 1. The van der Waals surface area contributed by atoms with Crippen LogP contribution in [0.5, 0.6) is 0 Å². The van der Waals surface area contributed by atoms with Crippen molar-refractivity contribution in [3.63, 3.8) is 0 Å². The van der Waals surface area contributed by atoms with Crippen molar-refractivity contribution in [2.45, 2.75) is 25.9 Å². The molecular formula is C28H25N3O4S. The Labute approximate surface area is 212 Å². The quantitative estimate of drug-likeness (QED) is 0.360. The molecule has 1 saturated heterocycles. The van der Waals surface area contributed by atoms with E-state index < -0.39 is 5.92 Å². The van der Waals surface area contributed by atoms with E-state index in [9.17, 15) is 14.4 Å². The van der Waals surface area contributed by atoms with Crippen molar-refractivity contribution >= 4 is 40.4 Å². The monoisotopic (exact) mass is 499 g/mol. The summed E-state index contributed by atoms with van der Waals surface area (Å²) in [5.74, 6) is -0.813. The van der Waals surface area contributed by atoms with Crippen molar-refractivity contribution in [2.24, 2.45) is 5.92 Å². The highest BCUT2D eigenvalue weighted by Crippen LogP contribution is 2.43. The molecule has 2 aromatic carbocycles. The molecule has 0 aliphatic carbocycles. The van der Waals surface area contributed by atoms with Crippen LogP contribution in [-0.4, -0.2) is 17.7 Å². The van der Waals surface area contributed by atoms with Gasteiger partial charge in [-0.3, -0.25) is 14.4 Å². The smallest absolute Gasteiger partial charge is 0.291 e. The molecule has 8 heteroatoms. The molecule has 1 fully saturated rings. The van der Waals surface area contributed by atoms with Gasteiger partial charge in [-0.25, -0.2) is 0 Å². The van der Waals surface area contributed by atoms with Crippen molar-refractivity contribution in [1.29, 1.82) is 0 Å². The lowest BCUT2D eigenvalue weighted by Crippen LogP contribution is -2.35. The third-order valence-corrected chi connectivity index (χ3v) is 7.17. The summed E-state index contributed by atoms with van der Waals surface area (Å²) in [5.41, 5.74) is 3.41. The molecule has 0 saturated carbocycles. The Hall–Kier alpha value is -4.17. The van der Waals surface area contributed by atoms with Gasteiger partial charge in [0, 0.05) is 29.2 Å². The molecule has 5 rings (SSSR count). The number of nitrogens with one attached hydrogen (secondary N) is 2. The van der Waals surface area contributed by atoms with Crippen LogP contribution >= 0.6 is 11.3 Å². The fourth-order valence-corrected chi connectivity index (χ4v) is 5.27. The summed E-state index contributed by atoms with van der Waals surface area (Å²) in [6, 6.07) is 21.9. The molecule has 2 N–H and O–H groups in total. The lowest BCUT2D eigenvalue weighted by atomic mass is 9.97. The van der Waals surface area contributed by atoms with Crippen LogP contribution in [0.2, 0.25) is 0 Å². The predicted molar refractivity (Wildman–Crippen MR) is 139 cm³/mol. The van der Waals surface area contributed by atoms with Gasteiger partial charge in [-0.2, -0.15) is 0 Å². The van der Waals surface area contributed by atoms with Gasteiger partial charge in [0.05, 0.1) is 18.2 Å². The molecule has 0 spiro atoms. The molecule has 36 heavy (non-hydrogen) atoms. The van der Waals surface area contributed by atoms with Crippen LogP contribution in [-0.2, 0) is 16.1 Å². The minimum Gasteiger partial charge on any atom is -0.459 e. The van der Waals surface area contributed by atoms with Crippen LogP contribution in [0.3, 0.4) is 0 Å². The topological polar surface area (TPSA) is 91.7 Å². The van der Waals surface area contributed by atoms with Crippen molar-refractivity contribution in [2.75, 3.05) is 10.2 Å². The first kappa shape index (κ1) is 23.6. The third-order valence-electron chi connectivity index (χ3n) is 6.23. The summed E-state index contributed by atoms with van der Waals surface area (Å²) >= 11 is 1.55. The van der Waals surface area contributed by atoms with Gasteiger partial charge in [0.1, 0.15) is 0 Å². The minimum atomic E-state index is -0.496. The Balaban J connectivity index is 1.26. The molecule has 1 aliphatic rings. The van der Waals surface area contributed by atoms with Gasteiger partial charge in [-0.1, -0.05) is 35.9 Å². The number of furan rings is 1. The van der Waals surface area contributed by atoms with E-state index in [1.54, 1.807) is 40.5 Å². The van der Waals surface area contributed by atoms with E-state index >= 15 is 0 Å². The second-order valence-corrected chi connectivity index (χ2v) is 9.70. The van der Waals surface area contributed by atoms with Crippen molar-refractivity contribution < 1.29 is 18.8 Å². The summed E-state index contributed by atoms with van der Waals surface area (Å²) in [4.78, 5) is 41.2. The van der Waals surface area contributed by atoms with E-state index in [2.05, 4.69) is 10.6 Å². The second kappa shape index (κ2) is 10.2. The first-order valence-electron chi connectivity index (χ1n) is 11.6. The summed E-state index contributed by atoms with van der Waals surface area (Å²) in [6.07, 6.45) is 1.60. The zero-order valence-corrected chi connectivity index (χ0v) is 20.5. The number of nitrogens with zero attached hydrogens (tertiary/aromatic N) is 1. The van der Waals surface area contributed by atoms with E-state index in [4.69, 9.17) is 4.42 Å². The van der Waals surface area contributed by atoms with Gasteiger partial charge in [0.2, 0.25) is 11.8 Å². The predicted octanol–water partition coefficient (Wildman–Crippen LogP) is 5.31. The summed E-state index contributed by atoms with van der Waals surface area (Å²) in [5, 5.41) is 7.74. The largest absolute Gasteiger partial charge is 0.459 e. The molecule has 3 amide bonds. The summed E-state index contributed by atoms with van der Waals surface area (Å²) < 4.78 is 5.10. The van der Waals surface area contributed by atoms with Crippen LogP contribution in [0.1, 0.15) is 39.0 Å². The highest BCUT2D eigenvalue weighted by atomic mass is 32.1. The second-order valence-electron chi connectivity index (χ2n) is 8.72. The molecule has 0 radical (unpaired) electrons. The first-order chi connectivity index (χ1) is 17.5. The number of thiophene rings is 1. The van der Waals surface area contributed by atoms with Crippen molar-refractivity contribution in [1.82, 2.24) is 5.32 Å². The first-order valence-corrected chi connectivity index (χ1v) is 12.5. The Morgan fingerprint density at radius 2 is 1.81 bits per heavy atom. The van der Waals surface area contributed by atoms with E-state index in [-0.39, 0.29) is 35.9 Å². The molecular weight excluding hydrogens is 474 g/mol. The molecule has 2 unspecified atom stereocenters. The number of hydrogen-bond acceptors (Lipinski definition) is 5. The fourth-order valence-electron chi connectivity index (χ4n) is 4.39. The molecule has 4 aromatic rings. The van der Waals surface area contributed by atoms with Crippen LogP contribution in [0.4, 0.5) is 11.4 Å². The van der Waals surface area contributed by atoms with E-state index in [0.717, 1.165) is 21.7 Å². The van der Waals surface area contributed by atoms with Gasteiger partial charge >= 0.3 is 0 Å². The van der Waals surface area contributed by atoms with Gasteiger partial charge in [0.25, 0.3) is 5.91 Å². The minimum absolute atomic E-state index is 0.0611. The zero-order chi connectivity index (χ0) is 25.1. The lowest BCUT2D eigenvalue weighted by Gasteiger charge is -2.27. The maximum absolute atomic E-state index is 13.3. The molecule has 1 aliphatic heterocycles. The fraction of sp³-hybridized carbons (Fsp3) is 0.179. The number of carbonyl (C=O) groups is 3. The number of hydrogen-bond donors (Lipinski definition) is 2. The number of carbonyl (C=O) groups excluding carboxylic acids is 3. The normalized spacial score (nSPS) is 17.2. The maximum atomic E-state index is 13.3. The number of anilines is 2. The molecule has 7 nitrogen and oxygen atoms in total. The molecule has 182 valence electrons. The van der Waals surface area contributed by atoms with Crippen LogP contribution < -0.4 is 15.5 Å². The van der Waals surface area contributed by atoms with Crippen molar-refractivity contribution in [3.8, 4) is 0 Å². The van der Waals surface area contributed by atoms with Gasteiger partial charge in [-0.15, -0.1) is 11.3 Å². The molecule has 3 heterocycles. The van der Waals surface area contributed by atoms with E-state index in [0.29, 0.717) is 12.2 Å². The lowest BCUT2D eigenvalue weighted by molar-refractivity contribution is -0.126. The summed E-state index contributed by atoms with van der Waals surface area (Å²) in [7, 11) is 0.